The molecule has 0 radical (unpaired) electrons. The van der Waals surface area contributed by atoms with Gasteiger partial charge in [-0.05, 0) is 37.0 Å². The topological polar surface area (TPSA) is 53.4 Å². The fourth-order valence-corrected chi connectivity index (χ4v) is 2.17. The molecule has 1 heterocycles. The van der Waals surface area contributed by atoms with Gasteiger partial charge in [-0.25, -0.2) is 9.78 Å². The molecule has 1 fully saturated rings. The van der Waals surface area contributed by atoms with Crippen LogP contribution in [0.5, 0.6) is 0 Å². The van der Waals surface area contributed by atoms with Crippen LogP contribution in [0.3, 0.4) is 0 Å². The summed E-state index contributed by atoms with van der Waals surface area (Å²) in [4.78, 5) is 17.0. The summed E-state index contributed by atoms with van der Waals surface area (Å²) in [5.74, 6) is 0.668. The quantitative estimate of drug-likeness (QED) is 0.811. The molecule has 1 aliphatic carbocycles. The highest BCUT2D eigenvalue weighted by molar-refractivity contribution is 5.86. The summed E-state index contributed by atoms with van der Waals surface area (Å²) >= 11 is 0. The highest BCUT2D eigenvalue weighted by Gasteiger charge is 2.20. The molecule has 96 valence electrons. The van der Waals surface area contributed by atoms with Crippen LogP contribution in [0.4, 0.5) is 5.82 Å². The van der Waals surface area contributed by atoms with Crippen molar-refractivity contribution in [2.45, 2.75) is 19.3 Å². The number of carbonyl (C=O) groups is 1. The van der Waals surface area contributed by atoms with Crippen LogP contribution in [0.15, 0.2) is 24.4 Å². The van der Waals surface area contributed by atoms with E-state index >= 15 is 0 Å². The van der Waals surface area contributed by atoms with Crippen molar-refractivity contribution in [2.75, 3.05) is 18.5 Å². The van der Waals surface area contributed by atoms with E-state index in [-0.39, 0.29) is 0 Å². The van der Waals surface area contributed by atoms with Crippen LogP contribution < -0.4 is 4.90 Å². The Kier molecular flexibility index (Phi) is 3.97. The molecule has 1 aromatic rings. The first-order valence-electron chi connectivity index (χ1n) is 6.24. The molecule has 0 unspecified atom stereocenters. The monoisotopic (exact) mass is 246 g/mol. The molecule has 1 N–H and O–H groups in total. The maximum Gasteiger partial charge on any atom is 0.328 e. The standard InChI is InChI=1S/C14H18N2O2/c1-16(10-11-4-2-5-11)14-12(6-3-9-15-14)7-8-13(17)18/h3,6-9,11H,2,4-5,10H2,1H3,(H,17,18)/b8-7+. The Morgan fingerprint density at radius 1 is 1.61 bits per heavy atom. The number of aromatic nitrogens is 1. The van der Waals surface area contributed by atoms with E-state index in [0.717, 1.165) is 29.9 Å². The van der Waals surface area contributed by atoms with Crippen LogP contribution in [-0.4, -0.2) is 29.7 Å². The van der Waals surface area contributed by atoms with Crippen molar-refractivity contribution in [2.24, 2.45) is 5.92 Å². The molecule has 1 aromatic heterocycles. The highest BCUT2D eigenvalue weighted by atomic mass is 16.4. The van der Waals surface area contributed by atoms with Crippen LogP contribution >= 0.6 is 0 Å². The zero-order valence-corrected chi connectivity index (χ0v) is 10.5. The molecule has 4 nitrogen and oxygen atoms in total. The molecule has 0 saturated heterocycles. The largest absolute Gasteiger partial charge is 0.478 e. The number of carboxylic acid groups (broad SMARTS) is 1. The zero-order valence-electron chi connectivity index (χ0n) is 10.5. The van der Waals surface area contributed by atoms with E-state index in [1.54, 1.807) is 12.3 Å². The lowest BCUT2D eigenvalue weighted by Gasteiger charge is -2.31. The van der Waals surface area contributed by atoms with Crippen LogP contribution in [0.2, 0.25) is 0 Å². The lowest BCUT2D eigenvalue weighted by atomic mass is 9.85. The van der Waals surface area contributed by atoms with E-state index in [0.29, 0.717) is 0 Å². The molecule has 0 atom stereocenters. The van der Waals surface area contributed by atoms with Gasteiger partial charge in [0.1, 0.15) is 5.82 Å². The summed E-state index contributed by atoms with van der Waals surface area (Å²) in [5, 5.41) is 8.68. The minimum absolute atomic E-state index is 0.758. The van der Waals surface area contributed by atoms with Gasteiger partial charge in [0.2, 0.25) is 0 Å². The van der Waals surface area contributed by atoms with Gasteiger partial charge >= 0.3 is 5.97 Å². The molecule has 18 heavy (non-hydrogen) atoms. The van der Waals surface area contributed by atoms with Gasteiger partial charge in [0, 0.05) is 31.4 Å². The van der Waals surface area contributed by atoms with Crippen molar-refractivity contribution in [3.05, 3.63) is 30.0 Å². The Morgan fingerprint density at radius 3 is 3.00 bits per heavy atom. The second kappa shape index (κ2) is 5.67. The third-order valence-electron chi connectivity index (χ3n) is 3.34. The van der Waals surface area contributed by atoms with Gasteiger partial charge < -0.3 is 10.0 Å². The lowest BCUT2D eigenvalue weighted by Crippen LogP contribution is -2.30. The van der Waals surface area contributed by atoms with E-state index in [1.807, 2.05) is 19.2 Å². The van der Waals surface area contributed by atoms with E-state index in [1.165, 1.54) is 19.3 Å². The molecule has 1 saturated carbocycles. The summed E-state index contributed by atoms with van der Waals surface area (Å²) < 4.78 is 0. The van der Waals surface area contributed by atoms with Gasteiger partial charge in [-0.2, -0.15) is 0 Å². The molecular weight excluding hydrogens is 228 g/mol. The number of aliphatic carboxylic acids is 1. The molecule has 0 bridgehead atoms. The maximum atomic E-state index is 10.6. The van der Waals surface area contributed by atoms with Crippen molar-refractivity contribution in [1.29, 1.82) is 0 Å². The van der Waals surface area contributed by atoms with Crippen molar-refractivity contribution in [3.8, 4) is 0 Å². The molecule has 0 aromatic carbocycles. The number of rotatable bonds is 5. The maximum absolute atomic E-state index is 10.6. The fourth-order valence-electron chi connectivity index (χ4n) is 2.17. The number of hydrogen-bond donors (Lipinski definition) is 1. The van der Waals surface area contributed by atoms with Gasteiger partial charge in [0.25, 0.3) is 0 Å². The normalized spacial score (nSPS) is 15.6. The van der Waals surface area contributed by atoms with Crippen LogP contribution in [0, 0.1) is 5.92 Å². The van der Waals surface area contributed by atoms with E-state index < -0.39 is 5.97 Å². The summed E-state index contributed by atoms with van der Waals surface area (Å²) in [6, 6.07) is 3.71. The summed E-state index contributed by atoms with van der Waals surface area (Å²) in [7, 11) is 2.01. The Hall–Kier alpha value is -1.84. The van der Waals surface area contributed by atoms with Gasteiger partial charge in [-0.15, -0.1) is 0 Å². The lowest BCUT2D eigenvalue weighted by molar-refractivity contribution is -0.131. The van der Waals surface area contributed by atoms with Gasteiger partial charge in [0.15, 0.2) is 0 Å². The summed E-state index contributed by atoms with van der Waals surface area (Å²) in [5.41, 5.74) is 0.849. The van der Waals surface area contributed by atoms with Crippen molar-refractivity contribution < 1.29 is 9.90 Å². The molecule has 0 aliphatic heterocycles. The van der Waals surface area contributed by atoms with Crippen molar-refractivity contribution in [1.82, 2.24) is 4.98 Å². The number of carboxylic acids is 1. The van der Waals surface area contributed by atoms with E-state index in [9.17, 15) is 4.79 Å². The average molecular weight is 246 g/mol. The zero-order chi connectivity index (χ0) is 13.0. The molecule has 0 amide bonds. The first kappa shape index (κ1) is 12.6. The van der Waals surface area contributed by atoms with Crippen LogP contribution in [-0.2, 0) is 4.79 Å². The second-order valence-corrected chi connectivity index (χ2v) is 4.77. The number of anilines is 1. The van der Waals surface area contributed by atoms with E-state index in [2.05, 4.69) is 9.88 Å². The van der Waals surface area contributed by atoms with Crippen molar-refractivity contribution >= 4 is 17.9 Å². The van der Waals surface area contributed by atoms with E-state index in [4.69, 9.17) is 5.11 Å². The molecule has 0 spiro atoms. The smallest absolute Gasteiger partial charge is 0.328 e. The summed E-state index contributed by atoms with van der Waals surface area (Å²) in [6.07, 6.45) is 8.39. The minimum Gasteiger partial charge on any atom is -0.478 e. The predicted octanol–water partition coefficient (Wildman–Crippen LogP) is 2.42. The average Bonchev–Trinajstić information content (AvgIpc) is 2.31. The molecule has 1 aliphatic rings. The SMILES string of the molecule is CN(CC1CCC1)c1ncccc1/C=C/C(=O)O. The molecule has 2 rings (SSSR count). The second-order valence-electron chi connectivity index (χ2n) is 4.77. The predicted molar refractivity (Wildman–Crippen MR) is 71.5 cm³/mol. The number of hydrogen-bond acceptors (Lipinski definition) is 3. The van der Waals surface area contributed by atoms with Gasteiger partial charge in [-0.3, -0.25) is 0 Å². The number of pyridine rings is 1. The first-order valence-corrected chi connectivity index (χ1v) is 6.24. The fraction of sp³-hybridized carbons (Fsp3) is 0.429. The summed E-state index contributed by atoms with van der Waals surface area (Å²) in [6.45, 7) is 0.991. The number of nitrogens with zero attached hydrogens (tertiary/aromatic N) is 2. The molecule has 4 heteroatoms. The third kappa shape index (κ3) is 3.09. The Morgan fingerprint density at radius 2 is 2.39 bits per heavy atom. The Bertz CT molecular complexity index is 453. The van der Waals surface area contributed by atoms with Crippen molar-refractivity contribution in [3.63, 3.8) is 0 Å². The van der Waals surface area contributed by atoms with Gasteiger partial charge in [-0.1, -0.05) is 6.42 Å². The molecular formula is C14H18N2O2. The Labute approximate surface area is 107 Å². The third-order valence-corrected chi connectivity index (χ3v) is 3.34. The minimum atomic E-state index is -0.938. The highest BCUT2D eigenvalue weighted by Crippen LogP contribution is 2.28. The van der Waals surface area contributed by atoms with Crippen LogP contribution in [0.25, 0.3) is 6.08 Å². The first-order chi connectivity index (χ1) is 8.66. The van der Waals surface area contributed by atoms with Gasteiger partial charge in [0.05, 0.1) is 0 Å². The Balaban J connectivity index is 2.12. The van der Waals surface area contributed by atoms with Crippen LogP contribution in [0.1, 0.15) is 24.8 Å².